The highest BCUT2D eigenvalue weighted by Gasteiger charge is 2.62. The first kappa shape index (κ1) is 15.9. The normalized spacial score (nSPS) is 30.8. The van der Waals surface area contributed by atoms with Crippen molar-refractivity contribution >= 4 is 17.6 Å². The van der Waals surface area contributed by atoms with E-state index in [-0.39, 0.29) is 11.6 Å². The summed E-state index contributed by atoms with van der Waals surface area (Å²) in [7, 11) is 0. The Bertz CT molecular complexity index is 832. The quantitative estimate of drug-likeness (QED) is 0.783. The van der Waals surface area contributed by atoms with Crippen LogP contribution in [0, 0.1) is 17.2 Å². The molecule has 9 heteroatoms. The fraction of sp³-hybridized carbons (Fsp3) is 0.438. The number of halogens is 3. The van der Waals surface area contributed by atoms with Gasteiger partial charge >= 0.3 is 12.2 Å². The number of urea groups is 1. The van der Waals surface area contributed by atoms with Crippen LogP contribution in [0.1, 0.15) is 24.0 Å². The van der Waals surface area contributed by atoms with Crippen molar-refractivity contribution in [1.29, 1.82) is 5.26 Å². The zero-order valence-corrected chi connectivity index (χ0v) is 12.7. The number of anilines is 1. The minimum Gasteiger partial charge on any atom is -0.391 e. The number of hydrogen-bond donors (Lipinski definition) is 1. The monoisotopic (exact) mass is 351 g/mol. The molecule has 6 nitrogen and oxygen atoms in total. The maximum absolute atomic E-state index is 13.1. The lowest BCUT2D eigenvalue weighted by Crippen LogP contribution is -2.47. The number of nitriles is 1. The van der Waals surface area contributed by atoms with Crippen LogP contribution in [0.2, 0.25) is 0 Å². The largest absolute Gasteiger partial charge is 0.417 e. The van der Waals surface area contributed by atoms with Gasteiger partial charge in [0.25, 0.3) is 5.91 Å². The third-order valence-corrected chi connectivity index (χ3v) is 5.21. The second kappa shape index (κ2) is 4.95. The molecule has 2 bridgehead atoms. The first-order valence-corrected chi connectivity index (χ1v) is 7.69. The lowest BCUT2D eigenvalue weighted by molar-refractivity contribution is -0.137. The number of carbonyl (C=O) groups is 2. The Hall–Kier alpha value is -2.60. The van der Waals surface area contributed by atoms with Gasteiger partial charge in [-0.1, -0.05) is 0 Å². The molecule has 1 aromatic rings. The molecule has 1 saturated carbocycles. The number of aliphatic hydroxyl groups is 1. The highest BCUT2D eigenvalue weighted by atomic mass is 19.4. The average molecular weight is 351 g/mol. The van der Waals surface area contributed by atoms with Crippen LogP contribution >= 0.6 is 0 Å². The molecule has 3 amide bonds. The molecule has 4 unspecified atom stereocenters. The van der Waals surface area contributed by atoms with E-state index >= 15 is 0 Å². The first-order chi connectivity index (χ1) is 11.7. The average Bonchev–Trinajstić information content (AvgIpc) is 3.17. The Balaban J connectivity index is 1.75. The number of amides is 3. The lowest BCUT2D eigenvalue weighted by Gasteiger charge is -2.29. The SMILES string of the molecule is N#Cc1ccc(N2C(=O)C3C4CC(O)C(C4)N3C2=O)cc1C(F)(F)F. The molecule has 0 radical (unpaired) electrons. The van der Waals surface area contributed by atoms with Gasteiger partial charge in [-0.15, -0.1) is 0 Å². The third-order valence-electron chi connectivity index (χ3n) is 5.21. The van der Waals surface area contributed by atoms with Gasteiger partial charge in [0.05, 0.1) is 35.0 Å². The highest BCUT2D eigenvalue weighted by Crippen LogP contribution is 2.47. The minimum atomic E-state index is -4.78. The molecule has 2 heterocycles. The molecule has 2 saturated heterocycles. The summed E-state index contributed by atoms with van der Waals surface area (Å²) in [6.07, 6.45) is -4.57. The second-order valence-corrected chi connectivity index (χ2v) is 6.51. The van der Waals surface area contributed by atoms with Crippen molar-refractivity contribution in [3.8, 4) is 6.07 Å². The van der Waals surface area contributed by atoms with E-state index < -0.39 is 47.4 Å². The molecule has 4 rings (SSSR count). The maximum atomic E-state index is 13.1. The zero-order chi connectivity index (χ0) is 18.1. The summed E-state index contributed by atoms with van der Waals surface area (Å²) in [6.45, 7) is 0. The van der Waals surface area contributed by atoms with Gasteiger partial charge < -0.3 is 10.0 Å². The number of aliphatic hydroxyl groups excluding tert-OH is 1. The van der Waals surface area contributed by atoms with Gasteiger partial charge in [-0.2, -0.15) is 18.4 Å². The molecule has 1 aliphatic carbocycles. The zero-order valence-electron chi connectivity index (χ0n) is 12.7. The van der Waals surface area contributed by atoms with Crippen molar-refractivity contribution < 1.29 is 27.9 Å². The van der Waals surface area contributed by atoms with Gasteiger partial charge in [0.15, 0.2) is 0 Å². The highest BCUT2D eigenvalue weighted by molar-refractivity contribution is 6.22. The van der Waals surface area contributed by atoms with Crippen LogP contribution in [0.4, 0.5) is 23.7 Å². The Kier molecular flexibility index (Phi) is 3.15. The number of fused-ring (bicyclic) bond motifs is 5. The Morgan fingerprint density at radius 2 is 1.96 bits per heavy atom. The molecule has 3 aliphatic rings. The van der Waals surface area contributed by atoms with Gasteiger partial charge in [-0.3, -0.25) is 4.79 Å². The Labute approximate surface area is 140 Å². The standard InChI is InChI=1S/C16H12F3N3O3/c17-16(18,19)10-5-9(2-1-7(10)6-20)21-14(24)13-8-3-11(12(23)4-8)22(13)15(21)25/h1-2,5,8,11-13,23H,3-4H2. The van der Waals surface area contributed by atoms with Crippen LogP contribution in [0.3, 0.4) is 0 Å². The Morgan fingerprint density at radius 1 is 1.24 bits per heavy atom. The summed E-state index contributed by atoms with van der Waals surface area (Å²) in [5.74, 6) is -0.760. The smallest absolute Gasteiger partial charge is 0.391 e. The second-order valence-electron chi connectivity index (χ2n) is 6.51. The van der Waals surface area contributed by atoms with E-state index in [1.54, 1.807) is 0 Å². The van der Waals surface area contributed by atoms with Crippen LogP contribution in [0.25, 0.3) is 0 Å². The van der Waals surface area contributed by atoms with Crippen LogP contribution in [0.5, 0.6) is 0 Å². The van der Waals surface area contributed by atoms with Crippen molar-refractivity contribution in [3.05, 3.63) is 29.3 Å². The number of imide groups is 1. The summed E-state index contributed by atoms with van der Waals surface area (Å²) in [5, 5.41) is 18.8. The summed E-state index contributed by atoms with van der Waals surface area (Å²) in [6, 6.07) is 2.29. The summed E-state index contributed by atoms with van der Waals surface area (Å²) in [4.78, 5) is 27.3. The summed E-state index contributed by atoms with van der Waals surface area (Å²) >= 11 is 0. The van der Waals surface area contributed by atoms with Crippen molar-refractivity contribution in [2.75, 3.05) is 4.90 Å². The minimum absolute atomic E-state index is 0.179. The van der Waals surface area contributed by atoms with Crippen molar-refractivity contribution in [3.63, 3.8) is 0 Å². The molecule has 2 aliphatic heterocycles. The molecular formula is C16H12F3N3O3. The van der Waals surface area contributed by atoms with E-state index in [9.17, 15) is 27.9 Å². The van der Waals surface area contributed by atoms with Gasteiger partial charge in [0.1, 0.15) is 6.04 Å². The number of piperidine rings is 1. The van der Waals surface area contributed by atoms with Crippen molar-refractivity contribution in [1.82, 2.24) is 4.90 Å². The van der Waals surface area contributed by atoms with E-state index in [4.69, 9.17) is 5.26 Å². The van der Waals surface area contributed by atoms with Crippen LogP contribution in [-0.4, -0.2) is 40.1 Å². The van der Waals surface area contributed by atoms with Crippen molar-refractivity contribution in [2.45, 2.75) is 37.2 Å². The fourth-order valence-electron chi connectivity index (χ4n) is 4.19. The molecule has 0 aromatic heterocycles. The topological polar surface area (TPSA) is 84.6 Å². The van der Waals surface area contributed by atoms with Crippen LogP contribution in [-0.2, 0) is 11.0 Å². The molecule has 25 heavy (non-hydrogen) atoms. The third kappa shape index (κ3) is 2.07. The van der Waals surface area contributed by atoms with Gasteiger partial charge in [-0.05, 0) is 37.0 Å². The van der Waals surface area contributed by atoms with Crippen LogP contribution in [0.15, 0.2) is 18.2 Å². The first-order valence-electron chi connectivity index (χ1n) is 7.69. The number of carbonyl (C=O) groups excluding carboxylic acids is 2. The summed E-state index contributed by atoms with van der Waals surface area (Å²) < 4.78 is 39.4. The van der Waals surface area contributed by atoms with E-state index in [1.807, 2.05) is 0 Å². The molecule has 4 atom stereocenters. The number of hydrogen-bond acceptors (Lipinski definition) is 4. The predicted octanol–water partition coefficient (Wildman–Crippen LogP) is 1.87. The fourth-order valence-corrected chi connectivity index (χ4v) is 4.19. The predicted molar refractivity (Wildman–Crippen MR) is 77.2 cm³/mol. The van der Waals surface area contributed by atoms with Crippen LogP contribution < -0.4 is 4.90 Å². The van der Waals surface area contributed by atoms with E-state index in [2.05, 4.69) is 0 Å². The number of rotatable bonds is 1. The van der Waals surface area contributed by atoms with Gasteiger partial charge in [-0.25, -0.2) is 9.69 Å². The molecule has 1 N–H and O–H groups in total. The number of nitrogens with zero attached hydrogens (tertiary/aromatic N) is 3. The summed E-state index contributed by atoms with van der Waals surface area (Å²) in [5.41, 5.74) is -1.99. The van der Waals surface area contributed by atoms with E-state index in [0.717, 1.165) is 17.0 Å². The van der Waals surface area contributed by atoms with Gasteiger partial charge in [0, 0.05) is 0 Å². The van der Waals surface area contributed by atoms with E-state index in [0.29, 0.717) is 18.9 Å². The van der Waals surface area contributed by atoms with E-state index in [1.165, 1.54) is 11.0 Å². The van der Waals surface area contributed by atoms with Crippen molar-refractivity contribution in [2.24, 2.45) is 5.92 Å². The molecule has 0 spiro atoms. The molecule has 130 valence electrons. The Morgan fingerprint density at radius 3 is 2.60 bits per heavy atom. The number of alkyl halides is 3. The van der Waals surface area contributed by atoms with Gasteiger partial charge in [0.2, 0.25) is 0 Å². The lowest BCUT2D eigenvalue weighted by atomic mass is 9.98. The molecule has 1 aromatic carbocycles. The molecule has 3 fully saturated rings. The number of benzene rings is 1. The maximum Gasteiger partial charge on any atom is 0.417 e. The molecular weight excluding hydrogens is 339 g/mol.